The molecule has 2 aromatic carbocycles. The smallest absolute Gasteiger partial charge is 0.335 e. The van der Waals surface area contributed by atoms with Gasteiger partial charge in [0.2, 0.25) is 0 Å². The van der Waals surface area contributed by atoms with Crippen molar-refractivity contribution in [3.05, 3.63) is 35.4 Å². The summed E-state index contributed by atoms with van der Waals surface area (Å²) in [4.78, 5) is 22.5. The zero-order valence-electron chi connectivity index (χ0n) is 13.3. The molecule has 0 bridgehead atoms. The fraction of sp³-hybridized carbons (Fsp3) is 0.176. The van der Waals surface area contributed by atoms with Crippen molar-refractivity contribution < 1.29 is 34.0 Å². The number of methoxy groups -OCH3 is 3. The number of aromatic carboxylic acids is 1. The predicted octanol–water partition coefficient (Wildman–Crippen LogP) is 2.60. The minimum absolute atomic E-state index is 0.0587. The Kier molecular flexibility index (Phi) is 4.93. The van der Waals surface area contributed by atoms with Crippen molar-refractivity contribution in [3.8, 4) is 34.1 Å². The second kappa shape index (κ2) is 6.91. The Labute approximate surface area is 138 Å². The van der Waals surface area contributed by atoms with Crippen LogP contribution in [0.15, 0.2) is 24.3 Å². The van der Waals surface area contributed by atoms with E-state index in [-0.39, 0.29) is 28.4 Å². The lowest BCUT2D eigenvalue weighted by molar-refractivity contribution is 0.0696. The minimum Gasteiger partial charge on any atom is -0.504 e. The average molecular weight is 332 g/mol. The summed E-state index contributed by atoms with van der Waals surface area (Å²) in [6.45, 7) is 0. The lowest BCUT2D eigenvalue weighted by atomic mass is 9.98. The first-order valence-electron chi connectivity index (χ1n) is 6.82. The van der Waals surface area contributed by atoms with E-state index in [1.165, 1.54) is 39.5 Å². The number of carbonyl (C=O) groups excluding carboxylic acids is 1. The van der Waals surface area contributed by atoms with Crippen LogP contribution in [0.4, 0.5) is 0 Å². The van der Waals surface area contributed by atoms with Crippen molar-refractivity contribution in [1.29, 1.82) is 0 Å². The van der Waals surface area contributed by atoms with E-state index in [1.807, 2.05) is 0 Å². The third-order valence-corrected chi connectivity index (χ3v) is 3.45. The molecule has 2 rings (SSSR count). The van der Waals surface area contributed by atoms with Crippen LogP contribution in [0.25, 0.3) is 11.1 Å². The highest BCUT2D eigenvalue weighted by atomic mass is 16.5. The number of phenolic OH excluding ortho intramolecular Hbond substituents is 1. The summed E-state index contributed by atoms with van der Waals surface area (Å²) in [7, 11) is 4.17. The first-order valence-corrected chi connectivity index (χ1v) is 6.82. The van der Waals surface area contributed by atoms with Crippen LogP contribution in [0.2, 0.25) is 0 Å². The quantitative estimate of drug-likeness (QED) is 0.784. The standard InChI is InChI=1S/C17H16O7/c1-22-14-5-9(8-18)4-11(16(14)24-3)12-6-10(17(20)21)7-13(19)15(12)23-2/h4-8,19H,1-3H3,(H,20,21). The van der Waals surface area contributed by atoms with Crippen molar-refractivity contribution in [2.75, 3.05) is 21.3 Å². The number of benzene rings is 2. The molecule has 0 saturated carbocycles. The summed E-state index contributed by atoms with van der Waals surface area (Å²) in [6, 6.07) is 5.39. The van der Waals surface area contributed by atoms with Gasteiger partial charge in [-0.2, -0.15) is 0 Å². The molecule has 2 aromatic rings. The maximum absolute atomic E-state index is 11.3. The van der Waals surface area contributed by atoms with E-state index in [0.717, 1.165) is 6.07 Å². The van der Waals surface area contributed by atoms with Crippen LogP contribution in [0.1, 0.15) is 20.7 Å². The lowest BCUT2D eigenvalue weighted by Crippen LogP contribution is -2.01. The summed E-state index contributed by atoms with van der Waals surface area (Å²) < 4.78 is 15.7. The molecule has 0 aliphatic carbocycles. The van der Waals surface area contributed by atoms with E-state index >= 15 is 0 Å². The number of phenols is 1. The predicted molar refractivity (Wildman–Crippen MR) is 85.5 cm³/mol. The second-order valence-electron chi connectivity index (χ2n) is 4.80. The molecule has 0 heterocycles. The Morgan fingerprint density at radius 2 is 1.58 bits per heavy atom. The first kappa shape index (κ1) is 17.1. The van der Waals surface area contributed by atoms with Crippen molar-refractivity contribution in [3.63, 3.8) is 0 Å². The number of carbonyl (C=O) groups is 2. The van der Waals surface area contributed by atoms with Gasteiger partial charge in [0, 0.05) is 16.7 Å². The highest BCUT2D eigenvalue weighted by molar-refractivity contribution is 5.94. The highest BCUT2D eigenvalue weighted by Crippen LogP contribution is 2.46. The summed E-state index contributed by atoms with van der Waals surface area (Å²) in [5, 5.41) is 19.3. The molecule has 0 unspecified atom stereocenters. The fourth-order valence-electron chi connectivity index (χ4n) is 2.41. The Balaban J connectivity index is 2.88. The average Bonchev–Trinajstić information content (AvgIpc) is 2.59. The molecule has 7 nitrogen and oxygen atoms in total. The van der Waals surface area contributed by atoms with Gasteiger partial charge in [-0.15, -0.1) is 0 Å². The van der Waals surface area contributed by atoms with Crippen molar-refractivity contribution in [2.24, 2.45) is 0 Å². The van der Waals surface area contributed by atoms with Gasteiger partial charge in [-0.05, 0) is 24.3 Å². The van der Waals surface area contributed by atoms with Gasteiger partial charge in [0.1, 0.15) is 6.29 Å². The van der Waals surface area contributed by atoms with Crippen LogP contribution in [0, 0.1) is 0 Å². The zero-order chi connectivity index (χ0) is 17.9. The summed E-state index contributed by atoms with van der Waals surface area (Å²) >= 11 is 0. The molecule has 0 spiro atoms. The van der Waals surface area contributed by atoms with Crippen LogP contribution in [0.3, 0.4) is 0 Å². The lowest BCUT2D eigenvalue weighted by Gasteiger charge is -2.17. The van der Waals surface area contributed by atoms with Gasteiger partial charge in [0.05, 0.1) is 26.9 Å². The van der Waals surface area contributed by atoms with Crippen molar-refractivity contribution in [1.82, 2.24) is 0 Å². The highest BCUT2D eigenvalue weighted by Gasteiger charge is 2.21. The third kappa shape index (κ3) is 2.96. The number of hydrogen-bond acceptors (Lipinski definition) is 6. The SMILES string of the molecule is COc1cc(C=O)cc(-c2cc(C(=O)O)cc(O)c2OC)c1OC. The monoisotopic (exact) mass is 332 g/mol. The molecule has 0 radical (unpaired) electrons. The van der Waals surface area contributed by atoms with Gasteiger partial charge in [-0.3, -0.25) is 4.79 Å². The number of hydrogen-bond donors (Lipinski definition) is 2. The summed E-state index contributed by atoms with van der Waals surface area (Å²) in [5.41, 5.74) is 0.772. The Morgan fingerprint density at radius 3 is 2.08 bits per heavy atom. The van der Waals surface area contributed by atoms with E-state index in [0.29, 0.717) is 23.2 Å². The van der Waals surface area contributed by atoms with Crippen molar-refractivity contribution >= 4 is 12.3 Å². The van der Waals surface area contributed by atoms with E-state index in [9.17, 15) is 19.8 Å². The molecule has 0 atom stereocenters. The van der Waals surface area contributed by atoms with Crippen LogP contribution in [-0.2, 0) is 0 Å². The molecule has 2 N–H and O–H groups in total. The normalized spacial score (nSPS) is 10.1. The number of aldehydes is 1. The first-order chi connectivity index (χ1) is 11.5. The maximum atomic E-state index is 11.3. The number of aromatic hydroxyl groups is 1. The number of rotatable bonds is 6. The van der Waals surface area contributed by atoms with Crippen LogP contribution >= 0.6 is 0 Å². The molecule has 126 valence electrons. The molecule has 0 fully saturated rings. The van der Waals surface area contributed by atoms with Gasteiger partial charge in [-0.1, -0.05) is 0 Å². The van der Waals surface area contributed by atoms with Gasteiger partial charge < -0.3 is 24.4 Å². The third-order valence-electron chi connectivity index (χ3n) is 3.45. The molecular weight excluding hydrogens is 316 g/mol. The topological polar surface area (TPSA) is 102 Å². The molecule has 0 amide bonds. The minimum atomic E-state index is -1.22. The van der Waals surface area contributed by atoms with E-state index in [2.05, 4.69) is 0 Å². The fourth-order valence-corrected chi connectivity index (χ4v) is 2.41. The molecular formula is C17H16O7. The molecule has 0 aliphatic rings. The zero-order valence-corrected chi connectivity index (χ0v) is 13.3. The van der Waals surface area contributed by atoms with E-state index in [4.69, 9.17) is 14.2 Å². The Hall–Kier alpha value is -3.22. The van der Waals surface area contributed by atoms with Crippen LogP contribution in [0.5, 0.6) is 23.0 Å². The van der Waals surface area contributed by atoms with E-state index in [1.54, 1.807) is 0 Å². The number of ether oxygens (including phenoxy) is 3. The summed E-state index contributed by atoms with van der Waals surface area (Å²) in [5.74, 6) is -0.928. The van der Waals surface area contributed by atoms with Crippen molar-refractivity contribution in [2.45, 2.75) is 0 Å². The number of carboxylic acids is 1. The molecule has 0 saturated heterocycles. The van der Waals surface area contributed by atoms with Gasteiger partial charge in [-0.25, -0.2) is 4.79 Å². The van der Waals surface area contributed by atoms with Gasteiger partial charge in [0.25, 0.3) is 0 Å². The molecule has 0 aromatic heterocycles. The van der Waals surface area contributed by atoms with Gasteiger partial charge >= 0.3 is 5.97 Å². The Morgan fingerprint density at radius 1 is 0.958 bits per heavy atom. The van der Waals surface area contributed by atoms with Crippen LogP contribution in [-0.4, -0.2) is 43.8 Å². The van der Waals surface area contributed by atoms with Crippen LogP contribution < -0.4 is 14.2 Å². The number of carboxylic acid groups (broad SMARTS) is 1. The Bertz CT molecular complexity index is 796. The molecule has 24 heavy (non-hydrogen) atoms. The maximum Gasteiger partial charge on any atom is 0.335 e. The second-order valence-corrected chi connectivity index (χ2v) is 4.80. The van der Waals surface area contributed by atoms with Gasteiger partial charge in [0.15, 0.2) is 23.0 Å². The molecule has 7 heteroatoms. The molecule has 0 aliphatic heterocycles. The summed E-state index contributed by atoms with van der Waals surface area (Å²) in [6.07, 6.45) is 0.624. The largest absolute Gasteiger partial charge is 0.504 e. The van der Waals surface area contributed by atoms with E-state index < -0.39 is 5.97 Å².